The standard InChI is InChI=1S/C9H6Cl2N2O4/c10-5-1-4(9(15)8(14)3-12)7(13(16)17)2-6(5)11/h1-2,8-9,14-15H. The van der Waals surface area contributed by atoms with Crippen LogP contribution in [0.3, 0.4) is 0 Å². The first-order valence-electron chi connectivity index (χ1n) is 4.27. The summed E-state index contributed by atoms with van der Waals surface area (Å²) in [4.78, 5) is 9.94. The Morgan fingerprint density at radius 1 is 1.35 bits per heavy atom. The molecule has 8 heteroatoms. The van der Waals surface area contributed by atoms with Gasteiger partial charge in [0.05, 0.1) is 26.6 Å². The molecule has 0 saturated carbocycles. The number of nitro benzene ring substituents is 1. The van der Waals surface area contributed by atoms with Crippen LogP contribution >= 0.6 is 23.2 Å². The van der Waals surface area contributed by atoms with E-state index in [2.05, 4.69) is 0 Å². The van der Waals surface area contributed by atoms with Crippen LogP contribution in [-0.2, 0) is 0 Å². The molecule has 1 aromatic carbocycles. The molecule has 0 bridgehead atoms. The van der Waals surface area contributed by atoms with Gasteiger partial charge in [-0.2, -0.15) is 5.26 Å². The number of aliphatic hydroxyl groups excluding tert-OH is 2. The summed E-state index contributed by atoms with van der Waals surface area (Å²) in [7, 11) is 0. The van der Waals surface area contributed by atoms with Crippen LogP contribution in [0.4, 0.5) is 5.69 Å². The van der Waals surface area contributed by atoms with Crippen molar-refractivity contribution in [2.24, 2.45) is 0 Å². The molecule has 2 atom stereocenters. The molecule has 6 nitrogen and oxygen atoms in total. The predicted octanol–water partition coefficient (Wildman–Crippen LogP) is 1.82. The number of aliphatic hydroxyl groups is 2. The highest BCUT2D eigenvalue weighted by Gasteiger charge is 2.27. The first-order chi connectivity index (χ1) is 7.88. The minimum atomic E-state index is -1.79. The number of hydrogen-bond donors (Lipinski definition) is 2. The van der Waals surface area contributed by atoms with Gasteiger partial charge >= 0.3 is 0 Å². The van der Waals surface area contributed by atoms with Crippen LogP contribution in [0, 0.1) is 21.4 Å². The fourth-order valence-electron chi connectivity index (χ4n) is 1.19. The summed E-state index contributed by atoms with van der Waals surface area (Å²) in [5, 5.41) is 37.8. The molecule has 0 saturated heterocycles. The minimum absolute atomic E-state index is 0.0172. The van der Waals surface area contributed by atoms with E-state index in [-0.39, 0.29) is 15.6 Å². The van der Waals surface area contributed by atoms with E-state index in [9.17, 15) is 15.2 Å². The molecule has 17 heavy (non-hydrogen) atoms. The second kappa shape index (κ2) is 5.29. The zero-order chi connectivity index (χ0) is 13.2. The molecule has 0 radical (unpaired) electrons. The van der Waals surface area contributed by atoms with Crippen LogP contribution in [-0.4, -0.2) is 21.2 Å². The number of halogens is 2. The molecule has 0 spiro atoms. The summed E-state index contributed by atoms with van der Waals surface area (Å²) >= 11 is 11.3. The minimum Gasteiger partial charge on any atom is -0.384 e. The summed E-state index contributed by atoms with van der Waals surface area (Å²) < 4.78 is 0. The van der Waals surface area contributed by atoms with Crippen molar-refractivity contribution in [2.45, 2.75) is 12.2 Å². The van der Waals surface area contributed by atoms with E-state index in [1.54, 1.807) is 0 Å². The average Bonchev–Trinajstić information content (AvgIpc) is 2.29. The molecule has 1 aromatic rings. The molecule has 2 N–H and O–H groups in total. The zero-order valence-electron chi connectivity index (χ0n) is 8.17. The highest BCUT2D eigenvalue weighted by atomic mass is 35.5. The van der Waals surface area contributed by atoms with Crippen molar-refractivity contribution in [1.82, 2.24) is 0 Å². The Balaban J connectivity index is 3.36. The topological polar surface area (TPSA) is 107 Å². The molecule has 0 aromatic heterocycles. The van der Waals surface area contributed by atoms with Crippen LogP contribution < -0.4 is 0 Å². The Hall–Kier alpha value is -1.39. The van der Waals surface area contributed by atoms with Crippen molar-refractivity contribution in [2.75, 3.05) is 0 Å². The highest BCUT2D eigenvalue weighted by Crippen LogP contribution is 2.34. The van der Waals surface area contributed by atoms with E-state index in [0.717, 1.165) is 12.1 Å². The lowest BCUT2D eigenvalue weighted by molar-refractivity contribution is -0.386. The number of nitriles is 1. The van der Waals surface area contributed by atoms with Gasteiger partial charge in [0.1, 0.15) is 6.10 Å². The third kappa shape index (κ3) is 2.84. The molecular formula is C9H6Cl2N2O4. The monoisotopic (exact) mass is 276 g/mol. The number of hydrogen-bond acceptors (Lipinski definition) is 5. The van der Waals surface area contributed by atoms with Gasteiger partial charge in [-0.15, -0.1) is 0 Å². The zero-order valence-corrected chi connectivity index (χ0v) is 9.68. The number of nitrogens with zero attached hydrogens (tertiary/aromatic N) is 2. The van der Waals surface area contributed by atoms with Crippen LogP contribution in [0.5, 0.6) is 0 Å². The van der Waals surface area contributed by atoms with Gasteiger partial charge in [0.2, 0.25) is 0 Å². The molecular weight excluding hydrogens is 271 g/mol. The maximum atomic E-state index is 10.7. The van der Waals surface area contributed by atoms with Gasteiger partial charge in [-0.1, -0.05) is 23.2 Å². The van der Waals surface area contributed by atoms with Crippen molar-refractivity contribution >= 4 is 28.9 Å². The van der Waals surface area contributed by atoms with E-state index < -0.39 is 22.8 Å². The van der Waals surface area contributed by atoms with Crippen molar-refractivity contribution in [3.05, 3.63) is 37.9 Å². The Morgan fingerprint density at radius 2 is 1.88 bits per heavy atom. The summed E-state index contributed by atoms with van der Waals surface area (Å²) in [6.07, 6.45) is -3.51. The van der Waals surface area contributed by atoms with Crippen LogP contribution in [0.25, 0.3) is 0 Å². The van der Waals surface area contributed by atoms with E-state index in [1.807, 2.05) is 0 Å². The highest BCUT2D eigenvalue weighted by molar-refractivity contribution is 6.42. The SMILES string of the molecule is N#CC(O)C(O)c1cc(Cl)c(Cl)cc1[N+](=O)[O-]. The molecule has 0 aliphatic rings. The van der Waals surface area contributed by atoms with Gasteiger partial charge in [0.15, 0.2) is 6.10 Å². The predicted molar refractivity (Wildman–Crippen MR) is 59.7 cm³/mol. The first kappa shape index (κ1) is 13.7. The van der Waals surface area contributed by atoms with Crippen molar-refractivity contribution in [3.8, 4) is 6.07 Å². The van der Waals surface area contributed by atoms with Gasteiger partial charge in [-0.25, -0.2) is 0 Å². The Labute approximate surface area is 106 Å². The van der Waals surface area contributed by atoms with Gasteiger partial charge in [0.25, 0.3) is 5.69 Å². The summed E-state index contributed by atoms with van der Waals surface area (Å²) in [6.45, 7) is 0. The molecule has 90 valence electrons. The molecule has 1 rings (SSSR count). The first-order valence-corrected chi connectivity index (χ1v) is 5.03. The molecule has 0 heterocycles. The van der Waals surface area contributed by atoms with Crippen LogP contribution in [0.15, 0.2) is 12.1 Å². The second-order valence-electron chi connectivity index (χ2n) is 3.10. The molecule has 0 fully saturated rings. The van der Waals surface area contributed by atoms with E-state index >= 15 is 0 Å². The quantitative estimate of drug-likeness (QED) is 0.497. The van der Waals surface area contributed by atoms with Gasteiger partial charge in [-0.05, 0) is 6.07 Å². The van der Waals surface area contributed by atoms with E-state index in [0.29, 0.717) is 0 Å². The Kier molecular flexibility index (Phi) is 4.26. The summed E-state index contributed by atoms with van der Waals surface area (Å²) in [5.74, 6) is 0. The Morgan fingerprint density at radius 3 is 2.35 bits per heavy atom. The molecule has 0 amide bonds. The van der Waals surface area contributed by atoms with Crippen LogP contribution in [0.2, 0.25) is 10.0 Å². The number of rotatable bonds is 3. The van der Waals surface area contributed by atoms with E-state index in [4.69, 9.17) is 33.6 Å². The summed E-state index contributed by atoms with van der Waals surface area (Å²) in [5.41, 5.74) is -0.778. The molecule has 0 aliphatic carbocycles. The van der Waals surface area contributed by atoms with Crippen molar-refractivity contribution in [1.29, 1.82) is 5.26 Å². The number of benzene rings is 1. The average molecular weight is 277 g/mol. The third-order valence-corrected chi connectivity index (χ3v) is 2.74. The number of nitro groups is 1. The fraction of sp³-hybridized carbons (Fsp3) is 0.222. The lowest BCUT2D eigenvalue weighted by Gasteiger charge is -2.13. The smallest absolute Gasteiger partial charge is 0.276 e. The Bertz CT molecular complexity index is 501. The lowest BCUT2D eigenvalue weighted by atomic mass is 10.0. The van der Waals surface area contributed by atoms with Gasteiger partial charge in [-0.3, -0.25) is 10.1 Å². The molecule has 0 aliphatic heterocycles. The lowest BCUT2D eigenvalue weighted by Crippen LogP contribution is -2.17. The fourth-order valence-corrected chi connectivity index (χ4v) is 1.52. The van der Waals surface area contributed by atoms with Crippen molar-refractivity contribution in [3.63, 3.8) is 0 Å². The third-order valence-electron chi connectivity index (χ3n) is 2.02. The normalized spacial score (nSPS) is 13.8. The second-order valence-corrected chi connectivity index (χ2v) is 3.92. The van der Waals surface area contributed by atoms with Crippen molar-refractivity contribution < 1.29 is 15.1 Å². The van der Waals surface area contributed by atoms with Crippen LogP contribution in [0.1, 0.15) is 11.7 Å². The van der Waals surface area contributed by atoms with Gasteiger partial charge < -0.3 is 10.2 Å². The maximum Gasteiger partial charge on any atom is 0.276 e. The molecule has 2 unspecified atom stereocenters. The maximum absolute atomic E-state index is 10.7. The van der Waals surface area contributed by atoms with E-state index in [1.165, 1.54) is 6.07 Å². The largest absolute Gasteiger partial charge is 0.384 e. The summed E-state index contributed by atoms with van der Waals surface area (Å²) in [6, 6.07) is 3.37. The van der Waals surface area contributed by atoms with Gasteiger partial charge in [0, 0.05) is 6.07 Å².